The fourth-order valence-electron chi connectivity index (χ4n) is 2.47. The number of ether oxygens (including phenoxy) is 1. The van der Waals surface area contributed by atoms with Gasteiger partial charge in [-0.05, 0) is 66.0 Å². The summed E-state index contributed by atoms with van der Waals surface area (Å²) in [4.78, 5) is 0. The second kappa shape index (κ2) is 5.65. The molecular formula is C13H19IN2O. The third kappa shape index (κ3) is 2.81. The van der Waals surface area contributed by atoms with Crippen molar-refractivity contribution in [1.29, 1.82) is 0 Å². The molecule has 1 aliphatic rings. The molecule has 1 aromatic rings. The molecule has 0 spiro atoms. The molecule has 17 heavy (non-hydrogen) atoms. The summed E-state index contributed by atoms with van der Waals surface area (Å²) in [5.74, 6) is 5.69. The van der Waals surface area contributed by atoms with Gasteiger partial charge in [0.1, 0.15) is 0 Å². The number of hydrogen-bond acceptors (Lipinski definition) is 3. The van der Waals surface area contributed by atoms with Crippen LogP contribution in [0.5, 0.6) is 0 Å². The standard InChI is InChI=1S/C13H19IN2O/c1-17-13(7-2-8-13)12(16-15)9-10-3-5-11(14)6-4-10/h3-6,12,16H,2,7-9,15H2,1H3. The van der Waals surface area contributed by atoms with Crippen LogP contribution in [0.1, 0.15) is 24.8 Å². The van der Waals surface area contributed by atoms with E-state index in [-0.39, 0.29) is 11.6 Å². The van der Waals surface area contributed by atoms with Crippen LogP contribution in [0.15, 0.2) is 24.3 Å². The first kappa shape index (κ1) is 13.3. The Labute approximate surface area is 116 Å². The fraction of sp³-hybridized carbons (Fsp3) is 0.538. The molecule has 1 atom stereocenters. The molecule has 2 rings (SSSR count). The molecule has 4 heteroatoms. The lowest BCUT2D eigenvalue weighted by Gasteiger charge is -2.46. The maximum atomic E-state index is 5.69. The Kier molecular flexibility index (Phi) is 4.41. The summed E-state index contributed by atoms with van der Waals surface area (Å²) in [6.45, 7) is 0. The largest absolute Gasteiger partial charge is 0.377 e. The number of hydrogen-bond donors (Lipinski definition) is 2. The Morgan fingerprint density at radius 2 is 2.06 bits per heavy atom. The number of halogens is 1. The zero-order valence-corrected chi connectivity index (χ0v) is 12.2. The van der Waals surface area contributed by atoms with Crippen molar-refractivity contribution in [2.24, 2.45) is 5.84 Å². The number of nitrogens with one attached hydrogen (secondary N) is 1. The monoisotopic (exact) mass is 346 g/mol. The molecule has 0 aliphatic heterocycles. The lowest BCUT2D eigenvalue weighted by Crippen LogP contribution is -2.59. The zero-order valence-electron chi connectivity index (χ0n) is 10.1. The van der Waals surface area contributed by atoms with E-state index in [1.54, 1.807) is 7.11 Å². The second-order valence-corrected chi connectivity index (χ2v) is 5.92. The van der Waals surface area contributed by atoms with Crippen LogP contribution < -0.4 is 11.3 Å². The van der Waals surface area contributed by atoms with Gasteiger partial charge < -0.3 is 4.74 Å². The Morgan fingerprint density at radius 1 is 1.41 bits per heavy atom. The van der Waals surface area contributed by atoms with Gasteiger partial charge in [0.15, 0.2) is 0 Å². The summed E-state index contributed by atoms with van der Waals surface area (Å²) in [6.07, 6.45) is 4.35. The molecular weight excluding hydrogens is 327 g/mol. The van der Waals surface area contributed by atoms with Crippen molar-refractivity contribution < 1.29 is 4.74 Å². The lowest BCUT2D eigenvalue weighted by molar-refractivity contribution is -0.0982. The molecule has 1 unspecified atom stereocenters. The van der Waals surface area contributed by atoms with Gasteiger partial charge in [-0.1, -0.05) is 12.1 Å². The smallest absolute Gasteiger partial charge is 0.0847 e. The van der Waals surface area contributed by atoms with Crippen molar-refractivity contribution in [3.05, 3.63) is 33.4 Å². The minimum Gasteiger partial charge on any atom is -0.377 e. The third-order valence-corrected chi connectivity index (χ3v) is 4.51. The molecule has 1 fully saturated rings. The van der Waals surface area contributed by atoms with Gasteiger partial charge >= 0.3 is 0 Å². The molecule has 0 heterocycles. The summed E-state index contributed by atoms with van der Waals surface area (Å²) < 4.78 is 6.94. The van der Waals surface area contributed by atoms with Crippen molar-refractivity contribution in [3.8, 4) is 0 Å². The number of benzene rings is 1. The molecule has 3 N–H and O–H groups in total. The Bertz CT molecular complexity index is 357. The maximum absolute atomic E-state index is 5.69. The van der Waals surface area contributed by atoms with E-state index in [0.717, 1.165) is 19.3 Å². The number of nitrogens with two attached hydrogens (primary N) is 1. The van der Waals surface area contributed by atoms with Gasteiger partial charge in [0, 0.05) is 10.7 Å². The van der Waals surface area contributed by atoms with Crippen LogP contribution in [0.4, 0.5) is 0 Å². The highest BCUT2D eigenvalue weighted by atomic mass is 127. The van der Waals surface area contributed by atoms with Crippen LogP contribution in [-0.4, -0.2) is 18.8 Å². The molecule has 0 bridgehead atoms. The van der Waals surface area contributed by atoms with Crippen LogP contribution >= 0.6 is 22.6 Å². The van der Waals surface area contributed by atoms with Crippen LogP contribution in [0.2, 0.25) is 0 Å². The highest BCUT2D eigenvalue weighted by molar-refractivity contribution is 14.1. The first-order valence-corrected chi connectivity index (χ1v) is 7.04. The molecule has 0 saturated heterocycles. The molecule has 3 nitrogen and oxygen atoms in total. The van der Waals surface area contributed by atoms with E-state index in [2.05, 4.69) is 52.3 Å². The first-order valence-electron chi connectivity index (χ1n) is 5.96. The molecule has 1 aliphatic carbocycles. The molecule has 1 aromatic carbocycles. The normalized spacial score (nSPS) is 19.7. The van der Waals surface area contributed by atoms with Crippen LogP contribution in [-0.2, 0) is 11.2 Å². The summed E-state index contributed by atoms with van der Waals surface area (Å²) in [7, 11) is 1.79. The van der Waals surface area contributed by atoms with Gasteiger partial charge in [-0.3, -0.25) is 11.3 Å². The SMILES string of the molecule is COC1(C(Cc2ccc(I)cc2)NN)CCC1. The molecule has 0 radical (unpaired) electrons. The predicted molar refractivity (Wildman–Crippen MR) is 77.6 cm³/mol. The average molecular weight is 346 g/mol. The number of rotatable bonds is 5. The van der Waals surface area contributed by atoms with E-state index in [0.29, 0.717) is 0 Å². The van der Waals surface area contributed by atoms with Crippen molar-refractivity contribution in [1.82, 2.24) is 5.43 Å². The topological polar surface area (TPSA) is 47.3 Å². The van der Waals surface area contributed by atoms with E-state index in [9.17, 15) is 0 Å². The first-order chi connectivity index (χ1) is 8.20. The minimum absolute atomic E-state index is 0.0578. The van der Waals surface area contributed by atoms with Gasteiger partial charge in [-0.2, -0.15) is 0 Å². The molecule has 0 aromatic heterocycles. The van der Waals surface area contributed by atoms with E-state index < -0.39 is 0 Å². The van der Waals surface area contributed by atoms with Gasteiger partial charge in [0.05, 0.1) is 11.6 Å². The fourth-order valence-corrected chi connectivity index (χ4v) is 2.83. The van der Waals surface area contributed by atoms with Gasteiger partial charge in [-0.25, -0.2) is 0 Å². The van der Waals surface area contributed by atoms with Crippen LogP contribution in [0.25, 0.3) is 0 Å². The van der Waals surface area contributed by atoms with Crippen LogP contribution in [0, 0.1) is 3.57 Å². The Hall–Kier alpha value is -0.170. The predicted octanol–water partition coefficient (Wildman–Crippen LogP) is 2.23. The average Bonchev–Trinajstić information content (AvgIpc) is 2.29. The van der Waals surface area contributed by atoms with Crippen molar-refractivity contribution in [2.45, 2.75) is 37.3 Å². The quantitative estimate of drug-likeness (QED) is 0.488. The van der Waals surface area contributed by atoms with E-state index >= 15 is 0 Å². The van der Waals surface area contributed by atoms with E-state index in [4.69, 9.17) is 10.6 Å². The Balaban J connectivity index is 2.07. The van der Waals surface area contributed by atoms with Gasteiger partial charge in [-0.15, -0.1) is 0 Å². The number of hydrazine groups is 1. The van der Waals surface area contributed by atoms with E-state index in [1.807, 2.05) is 0 Å². The maximum Gasteiger partial charge on any atom is 0.0847 e. The molecule has 94 valence electrons. The lowest BCUT2D eigenvalue weighted by atomic mass is 9.73. The molecule has 1 saturated carbocycles. The minimum atomic E-state index is -0.0578. The van der Waals surface area contributed by atoms with E-state index in [1.165, 1.54) is 15.6 Å². The highest BCUT2D eigenvalue weighted by Crippen LogP contribution is 2.38. The highest BCUT2D eigenvalue weighted by Gasteiger charge is 2.43. The second-order valence-electron chi connectivity index (χ2n) is 4.67. The Morgan fingerprint density at radius 3 is 2.47 bits per heavy atom. The zero-order chi connectivity index (χ0) is 12.3. The van der Waals surface area contributed by atoms with Crippen molar-refractivity contribution >= 4 is 22.6 Å². The third-order valence-electron chi connectivity index (χ3n) is 3.80. The summed E-state index contributed by atoms with van der Waals surface area (Å²) in [6, 6.07) is 8.77. The van der Waals surface area contributed by atoms with Crippen molar-refractivity contribution in [2.75, 3.05) is 7.11 Å². The number of methoxy groups -OCH3 is 1. The van der Waals surface area contributed by atoms with Crippen molar-refractivity contribution in [3.63, 3.8) is 0 Å². The van der Waals surface area contributed by atoms with Gasteiger partial charge in [0.25, 0.3) is 0 Å². The summed E-state index contributed by atoms with van der Waals surface area (Å²) in [5, 5.41) is 0. The summed E-state index contributed by atoms with van der Waals surface area (Å²) in [5.41, 5.74) is 4.18. The summed E-state index contributed by atoms with van der Waals surface area (Å²) >= 11 is 2.32. The molecule has 0 amide bonds. The van der Waals surface area contributed by atoms with Gasteiger partial charge in [0.2, 0.25) is 0 Å². The van der Waals surface area contributed by atoms with Crippen LogP contribution in [0.3, 0.4) is 0 Å².